The van der Waals surface area contributed by atoms with Crippen molar-refractivity contribution >= 4 is 21.8 Å². The Labute approximate surface area is 121 Å². The summed E-state index contributed by atoms with van der Waals surface area (Å²) in [6.45, 7) is 0.690. The Morgan fingerprint density at radius 3 is 2.79 bits per heavy atom. The number of carbonyl (C=O) groups excluding carboxylic acids is 1. The molecule has 0 unspecified atom stereocenters. The number of halogens is 1. The van der Waals surface area contributed by atoms with Gasteiger partial charge in [-0.1, -0.05) is 19.3 Å². The number of carbonyl (C=O) groups is 1. The van der Waals surface area contributed by atoms with Crippen LogP contribution in [0.4, 0.5) is 0 Å². The van der Waals surface area contributed by atoms with E-state index in [4.69, 9.17) is 0 Å². The average molecular weight is 327 g/mol. The number of hydrogen-bond acceptors (Lipinski definition) is 3. The van der Waals surface area contributed by atoms with Crippen LogP contribution >= 0.6 is 15.9 Å². The van der Waals surface area contributed by atoms with Gasteiger partial charge in [-0.2, -0.15) is 0 Å². The molecule has 1 aromatic rings. The number of nitrogens with zero attached hydrogens (tertiary/aromatic N) is 1. The summed E-state index contributed by atoms with van der Waals surface area (Å²) < 4.78 is 0.648. The molecule has 19 heavy (non-hydrogen) atoms. The Morgan fingerprint density at radius 2 is 2.16 bits per heavy atom. The van der Waals surface area contributed by atoms with Crippen LogP contribution in [0.1, 0.15) is 42.5 Å². The van der Waals surface area contributed by atoms with Gasteiger partial charge in [-0.15, -0.1) is 0 Å². The summed E-state index contributed by atoms with van der Waals surface area (Å²) in [5, 5.41) is 12.5. The van der Waals surface area contributed by atoms with Crippen molar-refractivity contribution in [2.75, 3.05) is 13.2 Å². The fourth-order valence-corrected chi connectivity index (χ4v) is 2.97. The molecule has 0 bridgehead atoms. The van der Waals surface area contributed by atoms with Crippen molar-refractivity contribution in [2.45, 2.75) is 32.1 Å². The van der Waals surface area contributed by atoms with Crippen LogP contribution in [0, 0.1) is 5.41 Å². The fourth-order valence-electron chi connectivity index (χ4n) is 2.61. The van der Waals surface area contributed by atoms with Crippen molar-refractivity contribution in [3.05, 3.63) is 28.5 Å². The zero-order chi connectivity index (χ0) is 13.7. The molecule has 5 heteroatoms. The average Bonchev–Trinajstić information content (AvgIpc) is 2.46. The van der Waals surface area contributed by atoms with Gasteiger partial charge in [0.1, 0.15) is 4.60 Å². The monoisotopic (exact) mass is 326 g/mol. The second-order valence-corrected chi connectivity index (χ2v) is 6.08. The van der Waals surface area contributed by atoms with Crippen LogP contribution in [-0.2, 0) is 0 Å². The van der Waals surface area contributed by atoms with Gasteiger partial charge in [0.25, 0.3) is 5.91 Å². The first-order chi connectivity index (χ1) is 9.15. The Hall–Kier alpha value is -0.940. The summed E-state index contributed by atoms with van der Waals surface area (Å²) in [6, 6.07) is 3.38. The Balaban J connectivity index is 1.95. The number of hydrogen-bond donors (Lipinski definition) is 2. The molecular weight excluding hydrogens is 308 g/mol. The molecule has 2 N–H and O–H groups in total. The van der Waals surface area contributed by atoms with Crippen molar-refractivity contribution in [1.29, 1.82) is 0 Å². The van der Waals surface area contributed by atoms with Crippen LogP contribution in [0.15, 0.2) is 22.9 Å². The number of aliphatic hydroxyl groups excluding tert-OH is 1. The summed E-state index contributed by atoms with van der Waals surface area (Å²) in [4.78, 5) is 16.1. The maximum Gasteiger partial charge on any atom is 0.251 e. The number of aliphatic hydroxyl groups is 1. The lowest BCUT2D eigenvalue weighted by molar-refractivity contribution is 0.0718. The normalized spacial score (nSPS) is 18.0. The quantitative estimate of drug-likeness (QED) is 0.836. The number of amides is 1. The summed E-state index contributed by atoms with van der Waals surface area (Å²) in [5.41, 5.74) is 0.462. The fraction of sp³-hybridized carbons (Fsp3) is 0.571. The molecule has 1 amide bonds. The van der Waals surface area contributed by atoms with E-state index in [0.717, 1.165) is 25.7 Å². The third kappa shape index (κ3) is 3.76. The lowest BCUT2D eigenvalue weighted by atomic mass is 9.74. The van der Waals surface area contributed by atoms with E-state index in [2.05, 4.69) is 26.2 Å². The van der Waals surface area contributed by atoms with Crippen LogP contribution in [0.3, 0.4) is 0 Å². The minimum atomic E-state index is -0.127. The number of nitrogens with one attached hydrogen (secondary N) is 1. The van der Waals surface area contributed by atoms with Crippen molar-refractivity contribution in [1.82, 2.24) is 10.3 Å². The van der Waals surface area contributed by atoms with Crippen LogP contribution in [0.2, 0.25) is 0 Å². The lowest BCUT2D eigenvalue weighted by Crippen LogP contribution is -2.41. The summed E-state index contributed by atoms with van der Waals surface area (Å²) >= 11 is 3.25. The zero-order valence-corrected chi connectivity index (χ0v) is 12.4. The van der Waals surface area contributed by atoms with Gasteiger partial charge in [0, 0.05) is 23.7 Å². The van der Waals surface area contributed by atoms with Gasteiger partial charge in [0.15, 0.2) is 0 Å². The molecule has 104 valence electrons. The Bertz CT molecular complexity index is 445. The Morgan fingerprint density at radius 1 is 1.42 bits per heavy atom. The van der Waals surface area contributed by atoms with E-state index in [0.29, 0.717) is 16.7 Å². The smallest absolute Gasteiger partial charge is 0.251 e. The standard InChI is InChI=1S/C14H19BrN2O2/c15-12-8-11(4-7-16-12)13(19)17-9-14(10-18)5-2-1-3-6-14/h4,7-8,18H,1-3,5-6,9-10H2,(H,17,19). The lowest BCUT2D eigenvalue weighted by Gasteiger charge is -2.35. The first kappa shape index (κ1) is 14.5. The third-order valence-corrected chi connectivity index (χ3v) is 4.30. The molecule has 0 radical (unpaired) electrons. The topological polar surface area (TPSA) is 62.2 Å². The molecular formula is C14H19BrN2O2. The zero-order valence-electron chi connectivity index (χ0n) is 10.9. The molecule has 1 saturated carbocycles. The van der Waals surface area contributed by atoms with E-state index >= 15 is 0 Å². The minimum absolute atomic E-state index is 0.110. The molecule has 0 aromatic carbocycles. The van der Waals surface area contributed by atoms with E-state index < -0.39 is 0 Å². The van der Waals surface area contributed by atoms with Crippen molar-refractivity contribution in [2.24, 2.45) is 5.41 Å². The van der Waals surface area contributed by atoms with Gasteiger partial charge in [-0.05, 0) is 40.9 Å². The van der Waals surface area contributed by atoms with E-state index in [9.17, 15) is 9.90 Å². The molecule has 0 atom stereocenters. The van der Waals surface area contributed by atoms with Gasteiger partial charge in [0.05, 0.1) is 6.61 Å². The number of rotatable bonds is 4. The van der Waals surface area contributed by atoms with Gasteiger partial charge < -0.3 is 10.4 Å². The maximum atomic E-state index is 12.1. The molecule has 1 heterocycles. The number of aromatic nitrogens is 1. The molecule has 0 saturated heterocycles. The van der Waals surface area contributed by atoms with E-state index in [1.807, 2.05) is 0 Å². The largest absolute Gasteiger partial charge is 0.396 e. The molecule has 0 spiro atoms. The highest BCUT2D eigenvalue weighted by molar-refractivity contribution is 9.10. The first-order valence-corrected chi connectivity index (χ1v) is 7.45. The van der Waals surface area contributed by atoms with Crippen molar-refractivity contribution in [3.63, 3.8) is 0 Å². The van der Waals surface area contributed by atoms with Gasteiger partial charge >= 0.3 is 0 Å². The van der Waals surface area contributed by atoms with E-state index in [1.54, 1.807) is 18.3 Å². The van der Waals surface area contributed by atoms with Crippen molar-refractivity contribution in [3.8, 4) is 0 Å². The van der Waals surface area contributed by atoms with Gasteiger partial charge in [-0.3, -0.25) is 4.79 Å². The van der Waals surface area contributed by atoms with Crippen LogP contribution in [0.25, 0.3) is 0 Å². The molecule has 2 rings (SSSR count). The van der Waals surface area contributed by atoms with Gasteiger partial charge in [0.2, 0.25) is 0 Å². The first-order valence-electron chi connectivity index (χ1n) is 6.66. The summed E-state index contributed by atoms with van der Waals surface area (Å²) in [5.74, 6) is -0.110. The molecule has 1 aromatic heterocycles. The van der Waals surface area contributed by atoms with Crippen LogP contribution < -0.4 is 5.32 Å². The van der Waals surface area contributed by atoms with E-state index in [1.165, 1.54) is 6.42 Å². The molecule has 1 fully saturated rings. The van der Waals surface area contributed by atoms with Crippen LogP contribution in [-0.4, -0.2) is 29.1 Å². The predicted octanol–water partition coefficient (Wildman–Crippen LogP) is 2.52. The highest BCUT2D eigenvalue weighted by atomic mass is 79.9. The van der Waals surface area contributed by atoms with Gasteiger partial charge in [-0.25, -0.2) is 4.98 Å². The second-order valence-electron chi connectivity index (χ2n) is 5.27. The molecule has 1 aliphatic rings. The highest BCUT2D eigenvalue weighted by Crippen LogP contribution is 2.35. The molecule has 4 nitrogen and oxygen atoms in total. The third-order valence-electron chi connectivity index (χ3n) is 3.86. The number of pyridine rings is 1. The van der Waals surface area contributed by atoms with Crippen LogP contribution in [0.5, 0.6) is 0 Å². The second kappa shape index (κ2) is 6.48. The predicted molar refractivity (Wildman–Crippen MR) is 76.9 cm³/mol. The van der Waals surface area contributed by atoms with E-state index in [-0.39, 0.29) is 17.9 Å². The minimum Gasteiger partial charge on any atom is -0.396 e. The summed E-state index contributed by atoms with van der Waals surface area (Å²) in [7, 11) is 0. The summed E-state index contributed by atoms with van der Waals surface area (Å²) in [6.07, 6.45) is 7.08. The molecule has 0 aliphatic heterocycles. The SMILES string of the molecule is O=C(NCC1(CO)CCCCC1)c1ccnc(Br)c1. The maximum absolute atomic E-state index is 12.1. The van der Waals surface area contributed by atoms with Crippen molar-refractivity contribution < 1.29 is 9.90 Å². The highest BCUT2D eigenvalue weighted by Gasteiger charge is 2.31. The Kier molecular flexibility index (Phi) is 4.93. The molecule has 1 aliphatic carbocycles.